The number of oxazole rings is 1. The fourth-order valence-corrected chi connectivity index (χ4v) is 3.36. The summed E-state index contributed by atoms with van der Waals surface area (Å²) in [4.78, 5) is 17.0. The lowest BCUT2D eigenvalue weighted by molar-refractivity contribution is -0.127. The molecule has 1 unspecified atom stereocenters. The maximum atomic E-state index is 12.6. The molecule has 20 heavy (non-hydrogen) atoms. The molecule has 0 aliphatic heterocycles. The molecule has 1 fully saturated rings. The number of hydrogen-bond donors (Lipinski definition) is 0. The Balaban J connectivity index is 1.78. The molecule has 0 spiro atoms. The van der Waals surface area contributed by atoms with Crippen molar-refractivity contribution in [1.82, 2.24) is 4.98 Å². The quantitative estimate of drug-likeness (QED) is 0.842. The molecule has 1 aromatic carbocycles. The van der Waals surface area contributed by atoms with Gasteiger partial charge in [0, 0.05) is 5.92 Å². The molecule has 1 atom stereocenters. The third-order valence-electron chi connectivity index (χ3n) is 4.56. The number of Topliss-reactive ketones (excluding diaryl/α,β-unsaturated/α-hetero) is 1. The molecular formula is C17H21NO2. The van der Waals surface area contributed by atoms with Gasteiger partial charge in [-0.3, -0.25) is 4.79 Å². The van der Waals surface area contributed by atoms with Gasteiger partial charge in [-0.15, -0.1) is 0 Å². The summed E-state index contributed by atoms with van der Waals surface area (Å²) in [6, 6.07) is 7.66. The molecule has 2 aromatic rings. The summed E-state index contributed by atoms with van der Waals surface area (Å²) >= 11 is 0. The van der Waals surface area contributed by atoms with Crippen LogP contribution in [0.15, 0.2) is 28.7 Å². The SMILES string of the molecule is CC1(C)CCCCC1C(=O)Cc1nc2ccccc2o1. The van der Waals surface area contributed by atoms with Gasteiger partial charge in [-0.05, 0) is 30.4 Å². The number of carbonyl (C=O) groups excluding carboxylic acids is 1. The molecule has 0 amide bonds. The van der Waals surface area contributed by atoms with Crippen LogP contribution in [0.5, 0.6) is 0 Å². The number of ketones is 1. The first-order valence-corrected chi connectivity index (χ1v) is 7.43. The maximum absolute atomic E-state index is 12.6. The molecule has 1 heterocycles. The van der Waals surface area contributed by atoms with E-state index in [0.717, 1.165) is 30.4 Å². The van der Waals surface area contributed by atoms with E-state index in [1.165, 1.54) is 6.42 Å². The standard InChI is InChI=1S/C17H21NO2/c1-17(2)10-6-5-7-12(17)14(19)11-16-18-13-8-3-4-9-15(13)20-16/h3-4,8-9,12H,5-7,10-11H2,1-2H3. The van der Waals surface area contributed by atoms with Crippen LogP contribution in [0.3, 0.4) is 0 Å². The van der Waals surface area contributed by atoms with E-state index in [0.29, 0.717) is 12.3 Å². The summed E-state index contributed by atoms with van der Waals surface area (Å²) in [7, 11) is 0. The van der Waals surface area contributed by atoms with E-state index in [1.807, 2.05) is 24.3 Å². The molecule has 3 heteroatoms. The maximum Gasteiger partial charge on any atom is 0.202 e. The molecule has 0 bridgehead atoms. The Morgan fingerprint density at radius 3 is 2.90 bits per heavy atom. The van der Waals surface area contributed by atoms with Gasteiger partial charge in [-0.25, -0.2) is 4.98 Å². The number of rotatable bonds is 3. The highest BCUT2D eigenvalue weighted by atomic mass is 16.3. The predicted molar refractivity (Wildman–Crippen MR) is 78.5 cm³/mol. The Kier molecular flexibility index (Phi) is 3.36. The molecule has 106 valence electrons. The first-order valence-electron chi connectivity index (χ1n) is 7.43. The van der Waals surface area contributed by atoms with Gasteiger partial charge in [0.1, 0.15) is 11.3 Å². The molecule has 1 aliphatic rings. The lowest BCUT2D eigenvalue weighted by Crippen LogP contribution is -2.34. The van der Waals surface area contributed by atoms with Crippen LogP contribution in [0.1, 0.15) is 45.4 Å². The second-order valence-corrected chi connectivity index (χ2v) is 6.51. The first-order chi connectivity index (χ1) is 9.56. The molecule has 0 saturated heterocycles. The normalized spacial score (nSPS) is 22.0. The Bertz CT molecular complexity index is 594. The first kappa shape index (κ1) is 13.3. The molecule has 3 nitrogen and oxygen atoms in total. The number of hydrogen-bond acceptors (Lipinski definition) is 3. The molecule has 1 aromatic heterocycles. The Morgan fingerprint density at radius 1 is 1.35 bits per heavy atom. The number of nitrogens with zero attached hydrogens (tertiary/aromatic N) is 1. The molecule has 1 saturated carbocycles. The number of carbonyl (C=O) groups is 1. The number of para-hydroxylation sites is 2. The Hall–Kier alpha value is -1.64. The van der Waals surface area contributed by atoms with Gasteiger partial charge in [-0.1, -0.05) is 38.8 Å². The van der Waals surface area contributed by atoms with Gasteiger partial charge in [0.05, 0.1) is 6.42 Å². The van der Waals surface area contributed by atoms with Crippen LogP contribution in [0.4, 0.5) is 0 Å². The van der Waals surface area contributed by atoms with Crippen LogP contribution < -0.4 is 0 Å². The lowest BCUT2D eigenvalue weighted by Gasteiger charge is -2.37. The zero-order valence-electron chi connectivity index (χ0n) is 12.2. The minimum absolute atomic E-state index is 0.112. The molecular weight excluding hydrogens is 250 g/mol. The summed E-state index contributed by atoms with van der Waals surface area (Å²) in [6.07, 6.45) is 4.86. The van der Waals surface area contributed by atoms with E-state index in [9.17, 15) is 4.79 Å². The van der Waals surface area contributed by atoms with E-state index >= 15 is 0 Å². The van der Waals surface area contributed by atoms with Crippen molar-refractivity contribution >= 4 is 16.9 Å². The van der Waals surface area contributed by atoms with E-state index in [1.54, 1.807) is 0 Å². The summed E-state index contributed by atoms with van der Waals surface area (Å²) in [6.45, 7) is 4.42. The van der Waals surface area contributed by atoms with Crippen LogP contribution in [0.2, 0.25) is 0 Å². The third kappa shape index (κ3) is 2.49. The highest BCUT2D eigenvalue weighted by molar-refractivity contribution is 5.84. The average molecular weight is 271 g/mol. The van der Waals surface area contributed by atoms with Crippen LogP contribution in [0, 0.1) is 11.3 Å². The summed E-state index contributed by atoms with van der Waals surface area (Å²) < 4.78 is 5.67. The van der Waals surface area contributed by atoms with Crippen molar-refractivity contribution in [2.24, 2.45) is 11.3 Å². The largest absolute Gasteiger partial charge is 0.440 e. The average Bonchev–Trinajstić information content (AvgIpc) is 2.80. The van der Waals surface area contributed by atoms with Gasteiger partial charge in [0.15, 0.2) is 5.58 Å². The van der Waals surface area contributed by atoms with E-state index < -0.39 is 0 Å². The molecule has 0 N–H and O–H groups in total. The van der Waals surface area contributed by atoms with Crippen molar-refractivity contribution in [1.29, 1.82) is 0 Å². The van der Waals surface area contributed by atoms with Gasteiger partial charge < -0.3 is 4.42 Å². The zero-order chi connectivity index (χ0) is 14.2. The fraction of sp³-hybridized carbons (Fsp3) is 0.529. The van der Waals surface area contributed by atoms with Crippen LogP contribution in [-0.4, -0.2) is 10.8 Å². The lowest BCUT2D eigenvalue weighted by atomic mass is 9.67. The highest BCUT2D eigenvalue weighted by Gasteiger charge is 2.37. The van der Waals surface area contributed by atoms with Gasteiger partial charge in [0.25, 0.3) is 0 Å². The smallest absolute Gasteiger partial charge is 0.202 e. The van der Waals surface area contributed by atoms with E-state index in [4.69, 9.17) is 4.42 Å². The van der Waals surface area contributed by atoms with Crippen LogP contribution in [-0.2, 0) is 11.2 Å². The van der Waals surface area contributed by atoms with Crippen molar-refractivity contribution in [2.75, 3.05) is 0 Å². The second kappa shape index (κ2) is 5.04. The summed E-state index contributed by atoms with van der Waals surface area (Å²) in [5.74, 6) is 0.977. The van der Waals surface area contributed by atoms with Crippen molar-refractivity contribution in [3.05, 3.63) is 30.2 Å². The van der Waals surface area contributed by atoms with E-state index in [2.05, 4.69) is 18.8 Å². The second-order valence-electron chi connectivity index (χ2n) is 6.51. The van der Waals surface area contributed by atoms with Crippen molar-refractivity contribution < 1.29 is 9.21 Å². The van der Waals surface area contributed by atoms with Crippen LogP contribution in [0.25, 0.3) is 11.1 Å². The summed E-state index contributed by atoms with van der Waals surface area (Å²) in [5, 5.41) is 0. The van der Waals surface area contributed by atoms with E-state index in [-0.39, 0.29) is 17.1 Å². The number of fused-ring (bicyclic) bond motifs is 1. The Labute approximate surface area is 119 Å². The number of aromatic nitrogens is 1. The zero-order valence-corrected chi connectivity index (χ0v) is 12.2. The van der Waals surface area contributed by atoms with Crippen molar-refractivity contribution in [2.45, 2.75) is 46.0 Å². The molecule has 0 radical (unpaired) electrons. The monoisotopic (exact) mass is 271 g/mol. The minimum Gasteiger partial charge on any atom is -0.440 e. The van der Waals surface area contributed by atoms with Crippen molar-refractivity contribution in [3.63, 3.8) is 0 Å². The van der Waals surface area contributed by atoms with Gasteiger partial charge >= 0.3 is 0 Å². The van der Waals surface area contributed by atoms with Gasteiger partial charge in [0.2, 0.25) is 5.89 Å². The minimum atomic E-state index is 0.112. The molecule has 1 aliphatic carbocycles. The third-order valence-corrected chi connectivity index (χ3v) is 4.56. The van der Waals surface area contributed by atoms with Crippen molar-refractivity contribution in [3.8, 4) is 0 Å². The van der Waals surface area contributed by atoms with Crippen LogP contribution >= 0.6 is 0 Å². The molecule has 3 rings (SSSR count). The predicted octanol–water partition coefficient (Wildman–Crippen LogP) is 4.16. The highest BCUT2D eigenvalue weighted by Crippen LogP contribution is 2.41. The topological polar surface area (TPSA) is 43.1 Å². The van der Waals surface area contributed by atoms with Gasteiger partial charge in [-0.2, -0.15) is 0 Å². The summed E-state index contributed by atoms with van der Waals surface area (Å²) in [5.41, 5.74) is 1.71. The number of benzene rings is 1. The Morgan fingerprint density at radius 2 is 2.15 bits per heavy atom. The fourth-order valence-electron chi connectivity index (χ4n) is 3.36.